The lowest BCUT2D eigenvalue weighted by Gasteiger charge is -2.02. The molecule has 0 aliphatic heterocycles. The molecule has 54 valence electrons. The summed E-state index contributed by atoms with van der Waals surface area (Å²) in [7, 11) is 0. The quantitative estimate of drug-likeness (QED) is 0.582. The van der Waals surface area contributed by atoms with Crippen LogP contribution in [0.1, 0.15) is 0 Å². The third-order valence-electron chi connectivity index (χ3n) is 1.05. The number of hydrogen-bond acceptors (Lipinski definition) is 1. The van der Waals surface area contributed by atoms with Gasteiger partial charge in [-0.2, -0.15) is 0 Å². The van der Waals surface area contributed by atoms with Crippen LogP contribution < -0.4 is 4.74 Å². The Labute approximate surface area is 87.4 Å². The minimum Gasteiger partial charge on any atom is -0.482 e. The number of hydrogen-bond donors (Lipinski definition) is 0. The molecule has 0 aromatic heterocycles. The van der Waals surface area contributed by atoms with Gasteiger partial charge in [-0.25, -0.2) is 0 Å². The molecule has 0 heterocycles. The Morgan fingerprint density at radius 1 is 1.30 bits per heavy atom. The monoisotopic (exact) mass is 360 g/mol. The molecule has 3 heteroatoms. The van der Waals surface area contributed by atoms with E-state index in [-0.39, 0.29) is 0 Å². The second-order valence-electron chi connectivity index (χ2n) is 1.68. The first kappa shape index (κ1) is 8.58. The zero-order valence-corrected chi connectivity index (χ0v) is 9.50. The molecule has 0 saturated carbocycles. The van der Waals surface area contributed by atoms with Crippen molar-refractivity contribution in [2.45, 2.75) is 0 Å². The minimum atomic E-state index is 0.706. The molecule has 0 fully saturated rings. The van der Waals surface area contributed by atoms with E-state index in [0.717, 1.165) is 9.32 Å². The predicted octanol–water partition coefficient (Wildman–Crippen LogP) is 3.06. The highest BCUT2D eigenvalue weighted by Crippen LogP contribution is 2.19. The molecule has 0 aliphatic carbocycles. The molecule has 1 aromatic rings. The van der Waals surface area contributed by atoms with Gasteiger partial charge in [-0.1, -0.05) is 12.1 Å². The van der Waals surface area contributed by atoms with Crippen LogP contribution >= 0.6 is 45.2 Å². The summed E-state index contributed by atoms with van der Waals surface area (Å²) < 4.78 is 7.19. The van der Waals surface area contributed by atoms with Crippen LogP contribution in [0.25, 0.3) is 0 Å². The van der Waals surface area contributed by atoms with E-state index < -0.39 is 0 Å². The Morgan fingerprint density at radius 2 is 2.00 bits per heavy atom. The van der Waals surface area contributed by atoms with Crippen molar-refractivity contribution in [1.29, 1.82) is 0 Å². The van der Waals surface area contributed by atoms with E-state index in [1.165, 1.54) is 0 Å². The molecule has 0 spiro atoms. The topological polar surface area (TPSA) is 9.23 Å². The normalized spacial score (nSPS) is 9.40. The predicted molar refractivity (Wildman–Crippen MR) is 58.7 cm³/mol. The largest absolute Gasteiger partial charge is 0.482 e. The third-order valence-corrected chi connectivity index (χ3v) is 2.25. The minimum absolute atomic E-state index is 0.706. The highest BCUT2D eigenvalue weighted by Gasteiger charge is 1.95. The fourth-order valence-electron chi connectivity index (χ4n) is 0.621. The van der Waals surface area contributed by atoms with Crippen molar-refractivity contribution in [1.82, 2.24) is 0 Å². The molecular formula is C7H6I2O. The summed E-state index contributed by atoms with van der Waals surface area (Å²) in [4.78, 5) is 0. The summed E-state index contributed by atoms with van der Waals surface area (Å²) in [6.07, 6.45) is 0. The molecule has 1 aromatic carbocycles. The molecule has 0 radical (unpaired) electrons. The number of benzene rings is 1. The van der Waals surface area contributed by atoms with E-state index >= 15 is 0 Å². The van der Waals surface area contributed by atoms with Crippen LogP contribution in [-0.4, -0.2) is 4.61 Å². The van der Waals surface area contributed by atoms with Gasteiger partial charge in [0.05, 0.1) is 3.57 Å². The fraction of sp³-hybridized carbons (Fsp3) is 0.143. The smallest absolute Gasteiger partial charge is 0.139 e. The molecule has 0 unspecified atom stereocenters. The van der Waals surface area contributed by atoms with Crippen LogP contribution in [0.2, 0.25) is 0 Å². The number of halogens is 2. The summed E-state index contributed by atoms with van der Waals surface area (Å²) in [6, 6.07) is 7.98. The van der Waals surface area contributed by atoms with E-state index in [9.17, 15) is 0 Å². The molecule has 10 heavy (non-hydrogen) atoms. The molecule has 0 N–H and O–H groups in total. The van der Waals surface area contributed by atoms with Crippen molar-refractivity contribution in [3.05, 3.63) is 27.8 Å². The maximum absolute atomic E-state index is 5.32. The van der Waals surface area contributed by atoms with Crippen LogP contribution in [0.5, 0.6) is 5.75 Å². The number of ether oxygens (including phenoxy) is 1. The van der Waals surface area contributed by atoms with Gasteiger partial charge in [0.15, 0.2) is 0 Å². The van der Waals surface area contributed by atoms with E-state index in [1.54, 1.807) is 0 Å². The van der Waals surface area contributed by atoms with Gasteiger partial charge in [-0.3, -0.25) is 0 Å². The lowest BCUT2D eigenvalue weighted by atomic mass is 10.3. The van der Waals surface area contributed by atoms with Gasteiger partial charge in [-0.15, -0.1) is 0 Å². The van der Waals surface area contributed by atoms with E-state index in [4.69, 9.17) is 4.74 Å². The van der Waals surface area contributed by atoms with Gasteiger partial charge in [0.25, 0.3) is 0 Å². The Balaban J connectivity index is 2.81. The third kappa shape index (κ3) is 2.26. The second-order valence-corrected chi connectivity index (χ2v) is 3.47. The van der Waals surface area contributed by atoms with Gasteiger partial charge in [0, 0.05) is 0 Å². The van der Waals surface area contributed by atoms with Gasteiger partial charge in [-0.05, 0) is 57.3 Å². The number of alkyl halides is 1. The van der Waals surface area contributed by atoms with Crippen molar-refractivity contribution < 1.29 is 4.74 Å². The standard InChI is InChI=1S/C7H6I2O/c8-5-10-7-4-2-1-3-6(7)9/h1-4H,5H2. The van der Waals surface area contributed by atoms with Crippen LogP contribution in [0, 0.1) is 3.57 Å². The first-order chi connectivity index (χ1) is 4.84. The first-order valence-corrected chi connectivity index (χ1v) is 5.38. The summed E-state index contributed by atoms with van der Waals surface area (Å²) in [5.74, 6) is 0.970. The Kier molecular flexibility index (Phi) is 3.75. The molecule has 0 saturated heterocycles. The zero-order valence-electron chi connectivity index (χ0n) is 5.18. The summed E-state index contributed by atoms with van der Waals surface area (Å²) in [5, 5.41) is 0. The molecular weight excluding hydrogens is 354 g/mol. The lowest BCUT2D eigenvalue weighted by molar-refractivity contribution is 0.401. The summed E-state index contributed by atoms with van der Waals surface area (Å²) in [6.45, 7) is 0. The number of rotatable bonds is 2. The van der Waals surface area contributed by atoms with Gasteiger partial charge >= 0.3 is 0 Å². The zero-order chi connectivity index (χ0) is 7.40. The van der Waals surface area contributed by atoms with Crippen LogP contribution in [0.3, 0.4) is 0 Å². The Morgan fingerprint density at radius 3 is 2.60 bits per heavy atom. The van der Waals surface area contributed by atoms with E-state index in [0.29, 0.717) is 4.61 Å². The first-order valence-electron chi connectivity index (χ1n) is 2.78. The van der Waals surface area contributed by atoms with Crippen molar-refractivity contribution >= 4 is 45.2 Å². The average molecular weight is 360 g/mol. The van der Waals surface area contributed by atoms with Crippen molar-refractivity contribution in [3.63, 3.8) is 0 Å². The van der Waals surface area contributed by atoms with Crippen molar-refractivity contribution in [3.8, 4) is 5.75 Å². The van der Waals surface area contributed by atoms with E-state index in [1.807, 2.05) is 24.3 Å². The van der Waals surface area contributed by atoms with Gasteiger partial charge in [0.1, 0.15) is 10.4 Å². The van der Waals surface area contributed by atoms with Crippen LogP contribution in [0.4, 0.5) is 0 Å². The molecule has 0 bridgehead atoms. The highest BCUT2D eigenvalue weighted by molar-refractivity contribution is 14.1. The molecule has 0 amide bonds. The number of para-hydroxylation sites is 1. The molecule has 1 nitrogen and oxygen atoms in total. The van der Waals surface area contributed by atoms with Crippen molar-refractivity contribution in [2.75, 3.05) is 4.61 Å². The summed E-state index contributed by atoms with van der Waals surface area (Å²) in [5.41, 5.74) is 0. The lowest BCUT2D eigenvalue weighted by Crippen LogP contribution is -1.89. The summed E-state index contributed by atoms with van der Waals surface area (Å²) >= 11 is 4.44. The molecule has 0 atom stereocenters. The second kappa shape index (κ2) is 4.38. The van der Waals surface area contributed by atoms with Crippen LogP contribution in [-0.2, 0) is 0 Å². The van der Waals surface area contributed by atoms with E-state index in [2.05, 4.69) is 45.2 Å². The molecule has 0 aliphatic rings. The highest BCUT2D eigenvalue weighted by atomic mass is 127. The van der Waals surface area contributed by atoms with Crippen LogP contribution in [0.15, 0.2) is 24.3 Å². The maximum atomic E-state index is 5.32. The maximum Gasteiger partial charge on any atom is 0.139 e. The average Bonchev–Trinajstić information content (AvgIpc) is 1.94. The fourth-order valence-corrected chi connectivity index (χ4v) is 1.50. The van der Waals surface area contributed by atoms with Crippen molar-refractivity contribution in [2.24, 2.45) is 0 Å². The Bertz CT molecular complexity index is 213. The molecule has 1 rings (SSSR count). The Hall–Kier alpha value is 0.480. The van der Waals surface area contributed by atoms with Gasteiger partial charge in [0.2, 0.25) is 0 Å². The SMILES string of the molecule is ICOc1ccccc1I. The van der Waals surface area contributed by atoms with Gasteiger partial charge < -0.3 is 4.74 Å².